The zero-order chi connectivity index (χ0) is 14.5. The van der Waals surface area contributed by atoms with Crippen molar-refractivity contribution in [2.24, 2.45) is 5.73 Å². The van der Waals surface area contributed by atoms with E-state index in [1.807, 2.05) is 0 Å². The Balaban J connectivity index is 2.07. The number of rotatable bonds is 6. The fourth-order valence-corrected chi connectivity index (χ4v) is 1.96. The first-order chi connectivity index (χ1) is 9.65. The number of anilines is 2. The number of carbonyl (C=O) groups is 1. The first-order valence-corrected chi connectivity index (χ1v) is 6.36. The van der Waals surface area contributed by atoms with Crippen molar-refractivity contribution in [1.29, 1.82) is 0 Å². The van der Waals surface area contributed by atoms with E-state index < -0.39 is 11.9 Å². The third-order valence-corrected chi connectivity index (χ3v) is 3.02. The SMILES string of the molecule is COCCNc1ccc(N2C[C@H](CN)OC2=O)cc1F. The summed E-state index contributed by atoms with van der Waals surface area (Å²) in [5.41, 5.74) is 6.29. The van der Waals surface area contributed by atoms with Gasteiger partial charge in [0.05, 0.1) is 24.5 Å². The van der Waals surface area contributed by atoms with Crippen molar-refractivity contribution >= 4 is 17.5 Å². The lowest BCUT2D eigenvalue weighted by Gasteiger charge is -2.14. The zero-order valence-corrected chi connectivity index (χ0v) is 11.3. The summed E-state index contributed by atoms with van der Waals surface area (Å²) < 4.78 is 23.8. The molecule has 1 aromatic carbocycles. The summed E-state index contributed by atoms with van der Waals surface area (Å²) in [6, 6.07) is 4.55. The number of cyclic esters (lactones) is 1. The fraction of sp³-hybridized carbons (Fsp3) is 0.462. The Morgan fingerprint density at radius 2 is 2.40 bits per heavy atom. The summed E-state index contributed by atoms with van der Waals surface area (Å²) >= 11 is 0. The first kappa shape index (κ1) is 14.5. The van der Waals surface area contributed by atoms with Crippen molar-refractivity contribution in [3.05, 3.63) is 24.0 Å². The normalized spacial score (nSPS) is 18.2. The highest BCUT2D eigenvalue weighted by atomic mass is 19.1. The Hall–Kier alpha value is -1.86. The molecule has 1 atom stereocenters. The maximum absolute atomic E-state index is 13.9. The topological polar surface area (TPSA) is 76.8 Å². The number of hydrogen-bond acceptors (Lipinski definition) is 5. The van der Waals surface area contributed by atoms with Crippen LogP contribution in [0.2, 0.25) is 0 Å². The molecule has 0 aliphatic carbocycles. The van der Waals surface area contributed by atoms with E-state index >= 15 is 0 Å². The molecule has 0 spiro atoms. The average molecular weight is 283 g/mol. The van der Waals surface area contributed by atoms with Crippen LogP contribution in [0.4, 0.5) is 20.6 Å². The van der Waals surface area contributed by atoms with Crippen molar-refractivity contribution in [3.8, 4) is 0 Å². The number of ether oxygens (including phenoxy) is 2. The molecule has 1 saturated heterocycles. The van der Waals surface area contributed by atoms with Crippen molar-refractivity contribution < 1.29 is 18.7 Å². The van der Waals surface area contributed by atoms with Gasteiger partial charge in [-0.25, -0.2) is 9.18 Å². The van der Waals surface area contributed by atoms with Crippen LogP contribution in [0, 0.1) is 5.82 Å². The van der Waals surface area contributed by atoms with Gasteiger partial charge in [-0.15, -0.1) is 0 Å². The van der Waals surface area contributed by atoms with Gasteiger partial charge < -0.3 is 20.5 Å². The molecular formula is C13H18FN3O3. The lowest BCUT2D eigenvalue weighted by molar-refractivity contribution is 0.145. The molecule has 6 nitrogen and oxygen atoms in total. The standard InChI is InChI=1S/C13H18FN3O3/c1-19-5-4-16-12-3-2-9(6-11(12)14)17-8-10(7-15)20-13(17)18/h2-3,6,10,16H,4-5,7-8,15H2,1H3/t10-/m0/s1. The predicted molar refractivity (Wildman–Crippen MR) is 73.4 cm³/mol. The van der Waals surface area contributed by atoms with Crippen LogP contribution < -0.4 is 16.0 Å². The maximum atomic E-state index is 13.9. The van der Waals surface area contributed by atoms with Crippen molar-refractivity contribution in [1.82, 2.24) is 0 Å². The molecule has 0 aromatic heterocycles. The minimum absolute atomic E-state index is 0.251. The molecule has 110 valence electrons. The van der Waals surface area contributed by atoms with Crippen LogP contribution in [-0.4, -0.2) is 45.5 Å². The molecule has 7 heteroatoms. The second-order valence-corrected chi connectivity index (χ2v) is 4.44. The number of amides is 1. The van der Waals surface area contributed by atoms with E-state index in [-0.39, 0.29) is 12.6 Å². The summed E-state index contributed by atoms with van der Waals surface area (Å²) in [5, 5.41) is 2.91. The second kappa shape index (κ2) is 6.53. The number of halogens is 1. The molecule has 0 unspecified atom stereocenters. The van der Waals surface area contributed by atoms with E-state index in [0.717, 1.165) is 0 Å². The van der Waals surface area contributed by atoms with Gasteiger partial charge in [-0.3, -0.25) is 4.90 Å². The van der Waals surface area contributed by atoms with Gasteiger partial charge in [0.25, 0.3) is 0 Å². The number of nitrogens with zero attached hydrogens (tertiary/aromatic N) is 1. The van der Waals surface area contributed by atoms with Crippen molar-refractivity contribution in [2.45, 2.75) is 6.10 Å². The summed E-state index contributed by atoms with van der Waals surface area (Å²) in [5.74, 6) is -0.428. The second-order valence-electron chi connectivity index (χ2n) is 4.44. The zero-order valence-electron chi connectivity index (χ0n) is 11.3. The monoisotopic (exact) mass is 283 g/mol. The minimum atomic E-state index is -0.500. The molecule has 0 radical (unpaired) electrons. The highest BCUT2D eigenvalue weighted by Crippen LogP contribution is 2.25. The van der Waals surface area contributed by atoms with Gasteiger partial charge in [0.2, 0.25) is 0 Å². The van der Waals surface area contributed by atoms with Gasteiger partial charge in [-0.1, -0.05) is 0 Å². The predicted octanol–water partition coefficient (Wildman–Crippen LogP) is 1.17. The fourth-order valence-electron chi connectivity index (χ4n) is 1.96. The van der Waals surface area contributed by atoms with E-state index in [1.165, 1.54) is 11.0 Å². The summed E-state index contributed by atoms with van der Waals surface area (Å²) in [7, 11) is 1.58. The Kier molecular flexibility index (Phi) is 4.75. The van der Waals surface area contributed by atoms with Gasteiger partial charge in [-0.2, -0.15) is 0 Å². The smallest absolute Gasteiger partial charge is 0.414 e. The molecule has 20 heavy (non-hydrogen) atoms. The number of benzene rings is 1. The van der Waals surface area contributed by atoms with Gasteiger partial charge >= 0.3 is 6.09 Å². The number of nitrogens with one attached hydrogen (secondary N) is 1. The molecule has 3 N–H and O–H groups in total. The largest absolute Gasteiger partial charge is 0.443 e. The van der Waals surface area contributed by atoms with Crippen LogP contribution in [-0.2, 0) is 9.47 Å². The van der Waals surface area contributed by atoms with Gasteiger partial charge in [-0.05, 0) is 18.2 Å². The summed E-state index contributed by atoms with van der Waals surface area (Å²) in [6.07, 6.45) is -0.843. The van der Waals surface area contributed by atoms with Gasteiger partial charge in [0.15, 0.2) is 0 Å². The molecule has 0 saturated carbocycles. The Morgan fingerprint density at radius 1 is 1.60 bits per heavy atom. The number of hydrogen-bond donors (Lipinski definition) is 2. The Labute approximate surface area is 116 Å². The van der Waals surface area contributed by atoms with Gasteiger partial charge in [0.1, 0.15) is 11.9 Å². The highest BCUT2D eigenvalue weighted by Gasteiger charge is 2.31. The highest BCUT2D eigenvalue weighted by molar-refractivity contribution is 5.90. The molecule has 1 aliphatic heterocycles. The molecule has 1 heterocycles. The van der Waals surface area contributed by atoms with Crippen molar-refractivity contribution in [2.75, 3.05) is 43.6 Å². The minimum Gasteiger partial charge on any atom is -0.443 e. The molecule has 1 amide bonds. The number of methoxy groups -OCH3 is 1. The van der Waals surface area contributed by atoms with E-state index in [0.29, 0.717) is 31.1 Å². The van der Waals surface area contributed by atoms with Crippen LogP contribution in [0.5, 0.6) is 0 Å². The van der Waals surface area contributed by atoms with Crippen LogP contribution in [0.25, 0.3) is 0 Å². The molecule has 2 rings (SSSR count). The van der Waals surface area contributed by atoms with Crippen LogP contribution in [0.1, 0.15) is 0 Å². The number of nitrogens with two attached hydrogens (primary N) is 1. The maximum Gasteiger partial charge on any atom is 0.414 e. The Morgan fingerprint density at radius 3 is 3.00 bits per heavy atom. The lowest BCUT2D eigenvalue weighted by atomic mass is 10.2. The third kappa shape index (κ3) is 3.17. The molecular weight excluding hydrogens is 265 g/mol. The molecule has 1 fully saturated rings. The van der Waals surface area contributed by atoms with Crippen LogP contribution >= 0.6 is 0 Å². The summed E-state index contributed by atoms with van der Waals surface area (Å²) in [4.78, 5) is 13.0. The van der Waals surface area contributed by atoms with E-state index in [2.05, 4.69) is 5.32 Å². The van der Waals surface area contributed by atoms with Gasteiger partial charge in [0, 0.05) is 20.2 Å². The van der Waals surface area contributed by atoms with E-state index in [4.69, 9.17) is 15.2 Å². The third-order valence-electron chi connectivity index (χ3n) is 3.02. The summed E-state index contributed by atoms with van der Waals surface area (Å²) in [6.45, 7) is 1.58. The van der Waals surface area contributed by atoms with Crippen molar-refractivity contribution in [3.63, 3.8) is 0 Å². The molecule has 1 aliphatic rings. The van der Waals surface area contributed by atoms with Crippen LogP contribution in [0.3, 0.4) is 0 Å². The van der Waals surface area contributed by atoms with E-state index in [9.17, 15) is 9.18 Å². The first-order valence-electron chi connectivity index (χ1n) is 6.36. The lowest BCUT2D eigenvalue weighted by Crippen LogP contribution is -2.27. The number of carbonyl (C=O) groups excluding carboxylic acids is 1. The molecule has 1 aromatic rings. The van der Waals surface area contributed by atoms with Crippen LogP contribution in [0.15, 0.2) is 18.2 Å². The Bertz CT molecular complexity index is 484. The average Bonchev–Trinajstić information content (AvgIpc) is 2.82. The quantitative estimate of drug-likeness (QED) is 0.766. The van der Waals surface area contributed by atoms with E-state index in [1.54, 1.807) is 19.2 Å². The molecule has 0 bridgehead atoms.